The molecule has 0 aromatic rings. The van der Waals surface area contributed by atoms with Gasteiger partial charge in [0.05, 0.1) is 12.7 Å². The van der Waals surface area contributed by atoms with Crippen molar-refractivity contribution in [3.63, 3.8) is 0 Å². The molecule has 2 heterocycles. The predicted molar refractivity (Wildman–Crippen MR) is 74.8 cm³/mol. The molecule has 2 aliphatic heterocycles. The van der Waals surface area contributed by atoms with Crippen molar-refractivity contribution in [2.75, 3.05) is 45.1 Å². The third kappa shape index (κ3) is 4.78. The first-order valence-electron chi connectivity index (χ1n) is 6.84. The van der Waals surface area contributed by atoms with E-state index in [-0.39, 0.29) is 0 Å². The Morgan fingerprint density at radius 3 is 2.82 bits per heavy atom. The number of thioether (sulfide) groups is 1. The minimum absolute atomic E-state index is 0.424. The maximum Gasteiger partial charge on any atom is 0.0600 e. The van der Waals surface area contributed by atoms with Crippen LogP contribution in [0.2, 0.25) is 0 Å². The van der Waals surface area contributed by atoms with Crippen LogP contribution in [0.15, 0.2) is 0 Å². The molecular formula is C13H26N2OS. The molecule has 0 aliphatic carbocycles. The molecule has 0 unspecified atom stereocenters. The van der Waals surface area contributed by atoms with Crippen LogP contribution in [-0.4, -0.2) is 60.8 Å². The van der Waals surface area contributed by atoms with E-state index in [1.165, 1.54) is 31.7 Å². The number of rotatable bonds is 4. The zero-order chi connectivity index (χ0) is 12.1. The van der Waals surface area contributed by atoms with Gasteiger partial charge >= 0.3 is 0 Å². The number of hydrogen-bond donors (Lipinski definition) is 1. The fourth-order valence-electron chi connectivity index (χ4n) is 2.62. The van der Waals surface area contributed by atoms with Crippen LogP contribution in [0.5, 0.6) is 0 Å². The zero-order valence-electron chi connectivity index (χ0n) is 11.2. The second-order valence-corrected chi connectivity index (χ2v) is 7.51. The molecule has 4 heteroatoms. The third-order valence-electron chi connectivity index (χ3n) is 3.55. The second kappa shape index (κ2) is 6.41. The third-order valence-corrected chi connectivity index (χ3v) is 4.85. The molecule has 0 aromatic heterocycles. The topological polar surface area (TPSA) is 24.5 Å². The molecule has 1 N–H and O–H groups in total. The van der Waals surface area contributed by atoms with E-state index in [0.29, 0.717) is 10.9 Å². The quantitative estimate of drug-likeness (QED) is 0.827. The maximum absolute atomic E-state index is 5.97. The number of nitrogens with zero attached hydrogens (tertiary/aromatic N) is 1. The summed E-state index contributed by atoms with van der Waals surface area (Å²) in [5.41, 5.74) is 0. The Balaban J connectivity index is 1.61. The van der Waals surface area contributed by atoms with Crippen LogP contribution < -0.4 is 5.32 Å². The van der Waals surface area contributed by atoms with Gasteiger partial charge in [-0.05, 0) is 39.8 Å². The van der Waals surface area contributed by atoms with Crippen LogP contribution in [-0.2, 0) is 4.74 Å². The summed E-state index contributed by atoms with van der Waals surface area (Å²) in [6.45, 7) is 11.4. The lowest BCUT2D eigenvalue weighted by molar-refractivity contribution is 0.0196. The predicted octanol–water partition coefficient (Wildman–Crippen LogP) is 1.58. The molecule has 100 valence electrons. The fraction of sp³-hybridized carbons (Fsp3) is 1.00. The van der Waals surface area contributed by atoms with Crippen LogP contribution in [0.3, 0.4) is 0 Å². The summed E-state index contributed by atoms with van der Waals surface area (Å²) in [4.78, 5) is 2.55. The molecule has 0 atom stereocenters. The fourth-order valence-corrected chi connectivity index (χ4v) is 3.79. The summed E-state index contributed by atoms with van der Waals surface area (Å²) in [5.74, 6) is 1.26. The van der Waals surface area contributed by atoms with Gasteiger partial charge < -0.3 is 10.1 Å². The van der Waals surface area contributed by atoms with Gasteiger partial charge in [0.2, 0.25) is 0 Å². The lowest BCUT2D eigenvalue weighted by atomic mass is 10.1. The molecular weight excluding hydrogens is 232 g/mol. The highest BCUT2D eigenvalue weighted by molar-refractivity contribution is 8.00. The number of ether oxygens (including phenoxy) is 1. The van der Waals surface area contributed by atoms with Gasteiger partial charge in [-0.25, -0.2) is 0 Å². The molecule has 0 radical (unpaired) electrons. The number of hydrogen-bond acceptors (Lipinski definition) is 4. The van der Waals surface area contributed by atoms with Gasteiger partial charge in [0.1, 0.15) is 0 Å². The van der Waals surface area contributed by atoms with Crippen LogP contribution in [0.25, 0.3) is 0 Å². The van der Waals surface area contributed by atoms with Crippen molar-refractivity contribution >= 4 is 11.8 Å². The largest absolute Gasteiger partial charge is 0.377 e. The monoisotopic (exact) mass is 258 g/mol. The van der Waals surface area contributed by atoms with Crippen molar-refractivity contribution < 1.29 is 4.74 Å². The molecule has 3 nitrogen and oxygen atoms in total. The SMILES string of the molecule is CC1(C)CN(CCOC2CCNCC2)CCS1. The minimum atomic E-state index is 0.424. The first-order chi connectivity index (χ1) is 8.16. The van der Waals surface area contributed by atoms with Crippen LogP contribution in [0, 0.1) is 0 Å². The zero-order valence-corrected chi connectivity index (χ0v) is 12.0. The van der Waals surface area contributed by atoms with E-state index in [4.69, 9.17) is 4.74 Å². The van der Waals surface area contributed by atoms with E-state index in [1.54, 1.807) is 0 Å². The Labute approximate surface area is 110 Å². The van der Waals surface area contributed by atoms with Crippen molar-refractivity contribution in [1.29, 1.82) is 0 Å². The lowest BCUT2D eigenvalue weighted by Gasteiger charge is -2.37. The summed E-state index contributed by atoms with van der Waals surface area (Å²) < 4.78 is 6.39. The molecule has 2 aliphatic rings. The highest BCUT2D eigenvalue weighted by Crippen LogP contribution is 2.29. The molecule has 2 fully saturated rings. The summed E-state index contributed by atoms with van der Waals surface area (Å²) in [5, 5.41) is 3.37. The van der Waals surface area contributed by atoms with Crippen LogP contribution >= 0.6 is 11.8 Å². The van der Waals surface area contributed by atoms with Crippen molar-refractivity contribution in [3.05, 3.63) is 0 Å². The molecule has 0 saturated carbocycles. The van der Waals surface area contributed by atoms with E-state index in [9.17, 15) is 0 Å². The molecule has 0 aromatic carbocycles. The first-order valence-corrected chi connectivity index (χ1v) is 7.83. The van der Waals surface area contributed by atoms with Gasteiger partial charge in [0.15, 0.2) is 0 Å². The van der Waals surface area contributed by atoms with Crippen molar-refractivity contribution in [1.82, 2.24) is 10.2 Å². The van der Waals surface area contributed by atoms with Crippen molar-refractivity contribution in [3.8, 4) is 0 Å². The Hall–Kier alpha value is 0.230. The van der Waals surface area contributed by atoms with Crippen LogP contribution in [0.1, 0.15) is 26.7 Å². The summed E-state index contributed by atoms with van der Waals surface area (Å²) >= 11 is 2.09. The average Bonchev–Trinajstić information content (AvgIpc) is 2.29. The Morgan fingerprint density at radius 2 is 2.12 bits per heavy atom. The van der Waals surface area contributed by atoms with E-state index in [0.717, 1.165) is 26.2 Å². The Bertz CT molecular complexity index is 229. The van der Waals surface area contributed by atoms with Crippen molar-refractivity contribution in [2.24, 2.45) is 0 Å². The van der Waals surface area contributed by atoms with Gasteiger partial charge in [-0.2, -0.15) is 11.8 Å². The molecule has 0 bridgehead atoms. The first kappa shape index (κ1) is 13.7. The van der Waals surface area contributed by atoms with Gasteiger partial charge in [0.25, 0.3) is 0 Å². The molecule has 17 heavy (non-hydrogen) atoms. The molecule has 0 amide bonds. The van der Waals surface area contributed by atoms with Gasteiger partial charge in [-0.1, -0.05) is 0 Å². The van der Waals surface area contributed by atoms with Crippen LogP contribution in [0.4, 0.5) is 0 Å². The van der Waals surface area contributed by atoms with Gasteiger partial charge in [-0.3, -0.25) is 4.90 Å². The van der Waals surface area contributed by atoms with E-state index < -0.39 is 0 Å². The molecule has 2 rings (SSSR count). The second-order valence-electron chi connectivity index (χ2n) is 5.70. The van der Waals surface area contributed by atoms with Gasteiger partial charge in [-0.15, -0.1) is 0 Å². The smallest absolute Gasteiger partial charge is 0.0600 e. The average molecular weight is 258 g/mol. The maximum atomic E-state index is 5.97. The Kier molecular flexibility index (Phi) is 5.15. The summed E-state index contributed by atoms with van der Waals surface area (Å²) in [7, 11) is 0. The van der Waals surface area contributed by atoms with E-state index in [1.807, 2.05) is 0 Å². The summed E-state index contributed by atoms with van der Waals surface area (Å²) in [6.07, 6.45) is 2.87. The highest BCUT2D eigenvalue weighted by atomic mass is 32.2. The van der Waals surface area contributed by atoms with Crippen molar-refractivity contribution in [2.45, 2.75) is 37.5 Å². The number of nitrogens with one attached hydrogen (secondary N) is 1. The highest BCUT2D eigenvalue weighted by Gasteiger charge is 2.26. The van der Waals surface area contributed by atoms with E-state index in [2.05, 4.69) is 35.8 Å². The van der Waals surface area contributed by atoms with E-state index >= 15 is 0 Å². The van der Waals surface area contributed by atoms with Gasteiger partial charge in [0, 0.05) is 30.1 Å². The standard InChI is InChI=1S/C13H26N2OS/c1-13(2)11-15(8-10-17-13)7-9-16-12-3-5-14-6-4-12/h12,14H,3-11H2,1-2H3. The normalized spacial score (nSPS) is 27.2. The Morgan fingerprint density at radius 1 is 1.35 bits per heavy atom. The molecule has 0 spiro atoms. The summed E-state index contributed by atoms with van der Waals surface area (Å²) in [6, 6.07) is 0. The number of piperidine rings is 1. The minimum Gasteiger partial charge on any atom is -0.377 e. The lowest BCUT2D eigenvalue weighted by Crippen LogP contribution is -2.44. The molecule has 2 saturated heterocycles.